The van der Waals surface area contributed by atoms with E-state index in [1.54, 1.807) is 6.92 Å². The molecular weight excluding hydrogens is 289 g/mol. The van der Waals surface area contributed by atoms with Gasteiger partial charge in [-0.05, 0) is 12.8 Å². The van der Waals surface area contributed by atoms with E-state index in [1.807, 2.05) is 13.8 Å². The van der Waals surface area contributed by atoms with Crippen LogP contribution in [-0.4, -0.2) is 54.7 Å². The molecule has 0 aromatic carbocycles. The normalized spacial score (nSPS) is 25.0. The van der Waals surface area contributed by atoms with Gasteiger partial charge in [-0.25, -0.2) is 0 Å². The minimum absolute atomic E-state index is 0.0313. The molecule has 1 N–H and O–H groups in total. The molecule has 0 aromatic rings. The first-order valence-electron chi connectivity index (χ1n) is 6.92. The Morgan fingerprint density at radius 2 is 2.00 bits per heavy atom. The highest BCUT2D eigenvalue weighted by atomic mass is 19.4. The van der Waals surface area contributed by atoms with Crippen molar-refractivity contribution in [2.45, 2.75) is 45.5 Å². The third-order valence-corrected chi connectivity index (χ3v) is 3.65. The van der Waals surface area contributed by atoms with E-state index in [9.17, 15) is 22.8 Å². The summed E-state index contributed by atoms with van der Waals surface area (Å²) in [4.78, 5) is 25.4. The van der Waals surface area contributed by atoms with Gasteiger partial charge in [0.2, 0.25) is 11.8 Å². The third kappa shape index (κ3) is 4.87. The van der Waals surface area contributed by atoms with Gasteiger partial charge >= 0.3 is 6.18 Å². The number of halogens is 3. The van der Waals surface area contributed by atoms with Crippen LogP contribution in [0.2, 0.25) is 0 Å². The Morgan fingerprint density at radius 3 is 2.52 bits per heavy atom. The Balaban J connectivity index is 2.61. The van der Waals surface area contributed by atoms with Crippen LogP contribution < -0.4 is 5.32 Å². The van der Waals surface area contributed by atoms with Crippen molar-refractivity contribution in [3.63, 3.8) is 0 Å². The van der Waals surface area contributed by atoms with Crippen LogP contribution in [0.15, 0.2) is 0 Å². The summed E-state index contributed by atoms with van der Waals surface area (Å²) in [6.45, 7) is 3.65. The zero-order chi connectivity index (χ0) is 16.2. The number of hydrogen-bond donors (Lipinski definition) is 1. The number of nitrogens with zero attached hydrogens (tertiary/aromatic N) is 1. The highest BCUT2D eigenvalue weighted by molar-refractivity contribution is 5.96. The van der Waals surface area contributed by atoms with E-state index < -0.39 is 24.9 Å². The number of piperazine rings is 1. The number of ether oxygens (including phenoxy) is 1. The Bertz CT molecular complexity index is 387. The van der Waals surface area contributed by atoms with Gasteiger partial charge in [0, 0.05) is 6.54 Å². The maximum atomic E-state index is 12.3. The number of rotatable bonds is 6. The standard InChI is InChI=1S/C13H21F3N2O3/c1-4-8(2)10-12(20)18(9(3)11(19)17-10)5-6-21-7-13(14,15)16/h8-10H,4-7H2,1-3H3,(H,17,19). The Hall–Kier alpha value is -1.31. The number of carbonyl (C=O) groups is 2. The molecule has 1 fully saturated rings. The van der Waals surface area contributed by atoms with Crippen molar-refractivity contribution in [1.29, 1.82) is 0 Å². The lowest BCUT2D eigenvalue weighted by molar-refractivity contribution is -0.176. The fourth-order valence-electron chi connectivity index (χ4n) is 2.12. The van der Waals surface area contributed by atoms with E-state index in [1.165, 1.54) is 4.90 Å². The number of hydrogen-bond acceptors (Lipinski definition) is 3. The quantitative estimate of drug-likeness (QED) is 0.753. The molecule has 0 spiro atoms. The van der Waals surface area contributed by atoms with Crippen molar-refractivity contribution in [2.75, 3.05) is 19.8 Å². The van der Waals surface area contributed by atoms with E-state index in [0.717, 1.165) is 0 Å². The first-order valence-corrected chi connectivity index (χ1v) is 6.92. The fourth-order valence-corrected chi connectivity index (χ4v) is 2.12. The maximum Gasteiger partial charge on any atom is 0.411 e. The molecule has 2 amide bonds. The molecule has 0 aliphatic carbocycles. The van der Waals surface area contributed by atoms with Gasteiger partial charge in [0.15, 0.2) is 0 Å². The summed E-state index contributed by atoms with van der Waals surface area (Å²) >= 11 is 0. The monoisotopic (exact) mass is 310 g/mol. The van der Waals surface area contributed by atoms with Crippen molar-refractivity contribution >= 4 is 11.8 Å². The van der Waals surface area contributed by atoms with Crippen molar-refractivity contribution < 1.29 is 27.5 Å². The van der Waals surface area contributed by atoms with Crippen LogP contribution >= 0.6 is 0 Å². The largest absolute Gasteiger partial charge is 0.411 e. The molecule has 122 valence electrons. The molecule has 0 radical (unpaired) electrons. The fraction of sp³-hybridized carbons (Fsp3) is 0.846. The molecule has 3 unspecified atom stereocenters. The number of nitrogens with one attached hydrogen (secondary N) is 1. The molecule has 0 saturated carbocycles. The predicted octanol–water partition coefficient (Wildman–Crippen LogP) is 1.33. The van der Waals surface area contributed by atoms with Gasteiger partial charge in [-0.15, -0.1) is 0 Å². The zero-order valence-corrected chi connectivity index (χ0v) is 12.4. The van der Waals surface area contributed by atoms with Gasteiger partial charge in [-0.1, -0.05) is 20.3 Å². The van der Waals surface area contributed by atoms with Crippen LogP contribution in [0.4, 0.5) is 13.2 Å². The molecular formula is C13H21F3N2O3. The Labute approximate surface area is 121 Å². The lowest BCUT2D eigenvalue weighted by atomic mass is 9.94. The van der Waals surface area contributed by atoms with E-state index >= 15 is 0 Å². The molecule has 3 atom stereocenters. The van der Waals surface area contributed by atoms with Gasteiger partial charge in [0.1, 0.15) is 18.7 Å². The minimum Gasteiger partial charge on any atom is -0.370 e. The molecule has 1 rings (SSSR count). The van der Waals surface area contributed by atoms with E-state index in [2.05, 4.69) is 10.1 Å². The molecule has 8 heteroatoms. The van der Waals surface area contributed by atoms with Crippen molar-refractivity contribution in [2.24, 2.45) is 5.92 Å². The van der Waals surface area contributed by atoms with E-state index in [0.29, 0.717) is 6.42 Å². The second-order valence-corrected chi connectivity index (χ2v) is 5.25. The summed E-state index contributed by atoms with van der Waals surface area (Å²) in [5.41, 5.74) is 0. The lowest BCUT2D eigenvalue weighted by Gasteiger charge is -2.39. The van der Waals surface area contributed by atoms with Crippen LogP contribution in [0.3, 0.4) is 0 Å². The van der Waals surface area contributed by atoms with Gasteiger partial charge in [0.05, 0.1) is 6.61 Å². The van der Waals surface area contributed by atoms with Crippen LogP contribution in [0.1, 0.15) is 27.2 Å². The van der Waals surface area contributed by atoms with Crippen molar-refractivity contribution in [3.8, 4) is 0 Å². The summed E-state index contributed by atoms with van der Waals surface area (Å²) in [7, 11) is 0. The van der Waals surface area contributed by atoms with Crippen LogP contribution in [0.25, 0.3) is 0 Å². The van der Waals surface area contributed by atoms with Crippen LogP contribution in [-0.2, 0) is 14.3 Å². The summed E-state index contributed by atoms with van der Waals surface area (Å²) in [6, 6.07) is -1.33. The molecule has 0 aromatic heterocycles. The topological polar surface area (TPSA) is 58.6 Å². The molecule has 1 saturated heterocycles. The van der Waals surface area contributed by atoms with Gasteiger partial charge in [0.25, 0.3) is 0 Å². The van der Waals surface area contributed by atoms with Gasteiger partial charge in [-0.2, -0.15) is 13.2 Å². The first-order chi connectivity index (χ1) is 9.67. The van der Waals surface area contributed by atoms with E-state index in [-0.39, 0.29) is 30.9 Å². The average Bonchev–Trinajstić information content (AvgIpc) is 2.40. The van der Waals surface area contributed by atoms with Gasteiger partial charge < -0.3 is 15.0 Å². The highest BCUT2D eigenvalue weighted by Gasteiger charge is 2.39. The predicted molar refractivity (Wildman–Crippen MR) is 69.4 cm³/mol. The molecule has 0 bridgehead atoms. The van der Waals surface area contributed by atoms with Crippen LogP contribution in [0.5, 0.6) is 0 Å². The smallest absolute Gasteiger partial charge is 0.370 e. The van der Waals surface area contributed by atoms with Crippen molar-refractivity contribution in [1.82, 2.24) is 10.2 Å². The van der Waals surface area contributed by atoms with Crippen LogP contribution in [0, 0.1) is 5.92 Å². The van der Waals surface area contributed by atoms with E-state index in [4.69, 9.17) is 0 Å². The zero-order valence-electron chi connectivity index (χ0n) is 12.4. The average molecular weight is 310 g/mol. The number of alkyl halides is 3. The summed E-state index contributed by atoms with van der Waals surface area (Å²) in [5.74, 6) is -0.602. The second kappa shape index (κ2) is 7.11. The lowest BCUT2D eigenvalue weighted by Crippen LogP contribution is -2.64. The second-order valence-electron chi connectivity index (χ2n) is 5.25. The Kier molecular flexibility index (Phi) is 6.00. The number of carbonyl (C=O) groups excluding carboxylic acids is 2. The van der Waals surface area contributed by atoms with Gasteiger partial charge in [-0.3, -0.25) is 9.59 Å². The molecule has 1 aliphatic heterocycles. The summed E-state index contributed by atoms with van der Waals surface area (Å²) in [6.07, 6.45) is -3.68. The molecule has 21 heavy (non-hydrogen) atoms. The van der Waals surface area contributed by atoms with Crippen molar-refractivity contribution in [3.05, 3.63) is 0 Å². The molecule has 1 heterocycles. The first kappa shape index (κ1) is 17.7. The summed E-state index contributed by atoms with van der Waals surface area (Å²) in [5, 5.41) is 2.66. The summed E-state index contributed by atoms with van der Waals surface area (Å²) < 4.78 is 40.4. The Morgan fingerprint density at radius 1 is 1.38 bits per heavy atom. The number of amides is 2. The SMILES string of the molecule is CCC(C)C1NC(=O)C(C)N(CCOCC(F)(F)F)C1=O. The highest BCUT2D eigenvalue weighted by Crippen LogP contribution is 2.18. The minimum atomic E-state index is -4.39. The molecule has 5 nitrogen and oxygen atoms in total. The third-order valence-electron chi connectivity index (χ3n) is 3.65. The molecule has 1 aliphatic rings. The maximum absolute atomic E-state index is 12.3.